The number of para-hydroxylation sites is 1. The highest BCUT2D eigenvalue weighted by Crippen LogP contribution is 2.22. The van der Waals surface area contributed by atoms with E-state index < -0.39 is 0 Å². The maximum atomic E-state index is 12.3. The molecule has 0 radical (unpaired) electrons. The van der Waals surface area contributed by atoms with Crippen molar-refractivity contribution in [3.05, 3.63) is 65.7 Å². The van der Waals surface area contributed by atoms with Gasteiger partial charge in [0.05, 0.1) is 0 Å². The molecule has 0 spiro atoms. The number of piperidine rings is 1. The third-order valence-electron chi connectivity index (χ3n) is 4.60. The first-order chi connectivity index (χ1) is 11.6. The van der Waals surface area contributed by atoms with Gasteiger partial charge in [0, 0.05) is 30.9 Å². The molecular formula is C21H26N2O. The molecule has 0 bridgehead atoms. The van der Waals surface area contributed by atoms with Crippen molar-refractivity contribution >= 4 is 11.6 Å². The van der Waals surface area contributed by atoms with E-state index in [0.29, 0.717) is 5.56 Å². The largest absolute Gasteiger partial charge is 0.322 e. The predicted molar refractivity (Wildman–Crippen MR) is 99.1 cm³/mol. The number of benzene rings is 2. The van der Waals surface area contributed by atoms with Crippen LogP contribution in [0.5, 0.6) is 0 Å². The zero-order valence-corrected chi connectivity index (χ0v) is 14.5. The van der Waals surface area contributed by atoms with Crippen molar-refractivity contribution in [2.45, 2.75) is 26.8 Å². The predicted octanol–water partition coefficient (Wildman–Crippen LogP) is 4.42. The monoisotopic (exact) mass is 322 g/mol. The number of carbonyl (C=O) groups is 1. The van der Waals surface area contributed by atoms with Crippen LogP contribution in [0.25, 0.3) is 0 Å². The molecule has 2 aromatic rings. The number of hydrogen-bond acceptors (Lipinski definition) is 2. The summed E-state index contributed by atoms with van der Waals surface area (Å²) in [5, 5.41) is 2.92. The van der Waals surface area contributed by atoms with Crippen LogP contribution in [0, 0.1) is 11.8 Å². The van der Waals surface area contributed by atoms with Gasteiger partial charge in [-0.2, -0.15) is 0 Å². The third-order valence-corrected chi connectivity index (χ3v) is 4.60. The fraction of sp³-hybridized carbons (Fsp3) is 0.381. The molecule has 0 aliphatic carbocycles. The molecule has 3 nitrogen and oxygen atoms in total. The Bertz CT molecular complexity index is 656. The number of likely N-dealkylation sites (tertiary alicyclic amines) is 1. The molecule has 1 amide bonds. The van der Waals surface area contributed by atoms with Gasteiger partial charge in [0.15, 0.2) is 0 Å². The van der Waals surface area contributed by atoms with Gasteiger partial charge in [0.2, 0.25) is 0 Å². The topological polar surface area (TPSA) is 32.3 Å². The summed E-state index contributed by atoms with van der Waals surface area (Å²) in [6.45, 7) is 7.97. The summed E-state index contributed by atoms with van der Waals surface area (Å²) in [5.74, 6) is 1.47. The van der Waals surface area contributed by atoms with Gasteiger partial charge in [-0.15, -0.1) is 0 Å². The van der Waals surface area contributed by atoms with Crippen molar-refractivity contribution < 1.29 is 4.79 Å². The lowest BCUT2D eigenvalue weighted by Gasteiger charge is -2.35. The second-order valence-electron chi connectivity index (χ2n) is 7.16. The van der Waals surface area contributed by atoms with Crippen LogP contribution in [-0.4, -0.2) is 23.9 Å². The Kier molecular flexibility index (Phi) is 5.31. The van der Waals surface area contributed by atoms with Gasteiger partial charge in [0.1, 0.15) is 0 Å². The van der Waals surface area contributed by atoms with E-state index in [-0.39, 0.29) is 5.91 Å². The third kappa shape index (κ3) is 4.45. The number of hydrogen-bond donors (Lipinski definition) is 1. The Morgan fingerprint density at radius 1 is 1.00 bits per heavy atom. The fourth-order valence-corrected chi connectivity index (χ4v) is 3.67. The van der Waals surface area contributed by atoms with Gasteiger partial charge in [-0.3, -0.25) is 9.69 Å². The molecule has 1 N–H and O–H groups in total. The van der Waals surface area contributed by atoms with Gasteiger partial charge < -0.3 is 5.32 Å². The molecule has 1 aliphatic heterocycles. The second kappa shape index (κ2) is 7.63. The number of nitrogens with one attached hydrogen (secondary N) is 1. The molecule has 2 aromatic carbocycles. The maximum absolute atomic E-state index is 12.3. The molecule has 2 atom stereocenters. The van der Waals surface area contributed by atoms with E-state index in [1.54, 1.807) is 0 Å². The van der Waals surface area contributed by atoms with Crippen LogP contribution >= 0.6 is 0 Å². The average molecular weight is 322 g/mol. The Morgan fingerprint density at radius 2 is 1.62 bits per heavy atom. The van der Waals surface area contributed by atoms with Crippen LogP contribution in [0.1, 0.15) is 36.2 Å². The number of anilines is 1. The van der Waals surface area contributed by atoms with Gasteiger partial charge in [0.25, 0.3) is 5.91 Å². The zero-order chi connectivity index (χ0) is 16.9. The van der Waals surface area contributed by atoms with Gasteiger partial charge >= 0.3 is 0 Å². The normalized spacial score (nSPS) is 21.4. The Labute approximate surface area is 144 Å². The molecule has 3 rings (SSSR count). The minimum Gasteiger partial charge on any atom is -0.322 e. The standard InChI is InChI=1S/C21H26N2O/c1-16-12-17(2)14-23(13-16)15-18-8-10-19(11-9-18)21(24)22-20-6-4-3-5-7-20/h3-11,16-17H,12-15H2,1-2H3,(H,22,24). The number of rotatable bonds is 4. The molecular weight excluding hydrogens is 296 g/mol. The zero-order valence-electron chi connectivity index (χ0n) is 14.5. The molecule has 2 unspecified atom stereocenters. The summed E-state index contributed by atoms with van der Waals surface area (Å²) >= 11 is 0. The lowest BCUT2D eigenvalue weighted by molar-refractivity contribution is 0.102. The molecule has 1 saturated heterocycles. The van der Waals surface area contributed by atoms with Gasteiger partial charge in [-0.25, -0.2) is 0 Å². The molecule has 24 heavy (non-hydrogen) atoms. The van der Waals surface area contributed by atoms with Crippen molar-refractivity contribution in [1.82, 2.24) is 4.90 Å². The lowest BCUT2D eigenvalue weighted by atomic mass is 9.91. The smallest absolute Gasteiger partial charge is 0.255 e. The first kappa shape index (κ1) is 16.7. The van der Waals surface area contributed by atoms with E-state index in [2.05, 4.69) is 36.2 Å². The molecule has 1 fully saturated rings. The van der Waals surface area contributed by atoms with E-state index in [9.17, 15) is 4.79 Å². The highest BCUT2D eigenvalue weighted by atomic mass is 16.1. The Balaban J connectivity index is 1.60. The summed E-state index contributed by atoms with van der Waals surface area (Å²) in [6.07, 6.45) is 1.33. The highest BCUT2D eigenvalue weighted by Gasteiger charge is 2.21. The Morgan fingerprint density at radius 3 is 2.25 bits per heavy atom. The van der Waals surface area contributed by atoms with Crippen LogP contribution in [0.4, 0.5) is 5.69 Å². The minimum absolute atomic E-state index is 0.0621. The molecule has 0 aromatic heterocycles. The van der Waals surface area contributed by atoms with Crippen molar-refractivity contribution in [1.29, 1.82) is 0 Å². The van der Waals surface area contributed by atoms with E-state index in [0.717, 1.165) is 24.1 Å². The first-order valence-corrected chi connectivity index (χ1v) is 8.78. The summed E-state index contributed by atoms with van der Waals surface area (Å²) in [4.78, 5) is 14.8. The number of carbonyl (C=O) groups excluding carboxylic acids is 1. The van der Waals surface area contributed by atoms with Crippen molar-refractivity contribution in [3.8, 4) is 0 Å². The van der Waals surface area contributed by atoms with Crippen LogP contribution in [0.3, 0.4) is 0 Å². The highest BCUT2D eigenvalue weighted by molar-refractivity contribution is 6.04. The lowest BCUT2D eigenvalue weighted by Crippen LogP contribution is -2.38. The van der Waals surface area contributed by atoms with E-state index in [1.807, 2.05) is 42.5 Å². The molecule has 3 heteroatoms. The van der Waals surface area contributed by atoms with Crippen LogP contribution in [-0.2, 0) is 6.54 Å². The van der Waals surface area contributed by atoms with Crippen molar-refractivity contribution in [2.24, 2.45) is 11.8 Å². The SMILES string of the molecule is CC1CC(C)CN(Cc2ccc(C(=O)Nc3ccccc3)cc2)C1. The average Bonchev–Trinajstić information content (AvgIpc) is 2.55. The van der Waals surface area contributed by atoms with Crippen molar-refractivity contribution in [3.63, 3.8) is 0 Å². The summed E-state index contributed by atoms with van der Waals surface area (Å²) in [5.41, 5.74) is 2.79. The van der Waals surface area contributed by atoms with E-state index in [4.69, 9.17) is 0 Å². The fourth-order valence-electron chi connectivity index (χ4n) is 3.67. The summed E-state index contributed by atoms with van der Waals surface area (Å²) < 4.78 is 0. The molecule has 0 saturated carbocycles. The second-order valence-corrected chi connectivity index (χ2v) is 7.16. The summed E-state index contributed by atoms with van der Waals surface area (Å²) in [6, 6.07) is 17.5. The van der Waals surface area contributed by atoms with Gasteiger partial charge in [-0.1, -0.05) is 44.2 Å². The quantitative estimate of drug-likeness (QED) is 0.904. The Hall–Kier alpha value is -2.13. The van der Waals surface area contributed by atoms with Crippen LogP contribution in [0.15, 0.2) is 54.6 Å². The van der Waals surface area contributed by atoms with Crippen LogP contribution < -0.4 is 5.32 Å². The number of amides is 1. The minimum atomic E-state index is -0.0621. The molecule has 126 valence electrons. The number of nitrogens with zero attached hydrogens (tertiary/aromatic N) is 1. The van der Waals surface area contributed by atoms with Gasteiger partial charge in [-0.05, 0) is 48.1 Å². The molecule has 1 aliphatic rings. The summed E-state index contributed by atoms with van der Waals surface area (Å²) in [7, 11) is 0. The molecule has 1 heterocycles. The van der Waals surface area contributed by atoms with E-state index in [1.165, 1.54) is 25.1 Å². The first-order valence-electron chi connectivity index (χ1n) is 8.78. The van der Waals surface area contributed by atoms with Crippen molar-refractivity contribution in [2.75, 3.05) is 18.4 Å². The maximum Gasteiger partial charge on any atom is 0.255 e. The van der Waals surface area contributed by atoms with Crippen LogP contribution in [0.2, 0.25) is 0 Å². The van der Waals surface area contributed by atoms with E-state index >= 15 is 0 Å².